The van der Waals surface area contributed by atoms with Gasteiger partial charge in [-0.25, -0.2) is 9.37 Å². The van der Waals surface area contributed by atoms with E-state index in [1.807, 2.05) is 0 Å². The zero-order valence-corrected chi connectivity index (χ0v) is 8.80. The number of rotatable bonds is 1. The highest BCUT2D eigenvalue weighted by Crippen LogP contribution is 2.35. The van der Waals surface area contributed by atoms with Gasteiger partial charge in [-0.1, -0.05) is 11.6 Å². The van der Waals surface area contributed by atoms with Gasteiger partial charge in [0.05, 0.1) is 11.3 Å². The maximum absolute atomic E-state index is 13.6. The number of pyridine rings is 1. The topological polar surface area (TPSA) is 37.5 Å². The van der Waals surface area contributed by atoms with Gasteiger partial charge < -0.3 is 9.51 Å². The summed E-state index contributed by atoms with van der Waals surface area (Å²) >= 11 is 5.46. The minimum atomic E-state index is -4.91. The van der Waals surface area contributed by atoms with Crippen LogP contribution in [-0.4, -0.2) is 20.7 Å². The molecule has 0 spiro atoms. The van der Waals surface area contributed by atoms with E-state index in [4.69, 9.17) is 16.7 Å². The van der Waals surface area contributed by atoms with Crippen molar-refractivity contribution in [2.45, 2.75) is 12.3 Å². The summed E-state index contributed by atoms with van der Waals surface area (Å²) < 4.78 is 51.5. The third-order valence-electron chi connectivity index (χ3n) is 2.19. The molecule has 1 unspecified atom stereocenters. The zero-order valence-electron chi connectivity index (χ0n) is 8.04. The Morgan fingerprint density at radius 3 is 2.65 bits per heavy atom. The maximum atomic E-state index is 13.6. The van der Waals surface area contributed by atoms with Crippen LogP contribution in [0.3, 0.4) is 0 Å². The highest BCUT2D eigenvalue weighted by Gasteiger charge is 2.42. The minimum absolute atomic E-state index is 0.339. The fraction of sp³-hybridized carbons (Fsp3) is 0.222. The number of aromatic nitrogens is 2. The molecule has 0 saturated carbocycles. The predicted octanol–water partition coefficient (Wildman–Crippen LogP) is 2.72. The molecule has 2 aromatic heterocycles. The van der Waals surface area contributed by atoms with Crippen molar-refractivity contribution >= 4 is 17.1 Å². The van der Waals surface area contributed by atoms with E-state index in [9.17, 15) is 17.6 Å². The molecule has 0 aliphatic heterocycles. The highest BCUT2D eigenvalue weighted by molar-refractivity contribution is 6.31. The van der Waals surface area contributed by atoms with E-state index in [-0.39, 0.29) is 5.02 Å². The van der Waals surface area contributed by atoms with E-state index in [1.165, 1.54) is 12.3 Å². The van der Waals surface area contributed by atoms with Gasteiger partial charge in [0, 0.05) is 6.20 Å². The van der Waals surface area contributed by atoms with E-state index < -0.39 is 29.3 Å². The molecule has 3 nitrogen and oxygen atoms in total. The van der Waals surface area contributed by atoms with Gasteiger partial charge in [0.1, 0.15) is 11.2 Å². The number of halogens is 5. The molecule has 8 heteroatoms. The van der Waals surface area contributed by atoms with Gasteiger partial charge in [-0.3, -0.25) is 0 Å². The van der Waals surface area contributed by atoms with Crippen molar-refractivity contribution in [3.05, 3.63) is 35.1 Å². The van der Waals surface area contributed by atoms with Crippen LogP contribution in [0.15, 0.2) is 18.6 Å². The van der Waals surface area contributed by atoms with Gasteiger partial charge in [0.25, 0.3) is 0 Å². The summed E-state index contributed by atoms with van der Waals surface area (Å²) in [5.74, 6) is -1.05. The van der Waals surface area contributed by atoms with Crippen molar-refractivity contribution in [2.75, 3.05) is 0 Å². The summed E-state index contributed by atoms with van der Waals surface area (Å²) in [7, 11) is 0. The Kier molecular flexibility index (Phi) is 2.75. The standard InChI is InChI=1S/C9H5ClF4N2O/c10-4-1-2-16-3-15-6(7(16)5(4)11)8(17)9(12,13)14/h1-3,8,17H. The van der Waals surface area contributed by atoms with Crippen LogP contribution in [0.25, 0.3) is 5.52 Å². The van der Waals surface area contributed by atoms with Crippen LogP contribution in [-0.2, 0) is 0 Å². The predicted molar refractivity (Wildman–Crippen MR) is 51.2 cm³/mol. The second kappa shape index (κ2) is 3.85. The summed E-state index contributed by atoms with van der Waals surface area (Å²) in [6.45, 7) is 0. The summed E-state index contributed by atoms with van der Waals surface area (Å²) in [6.07, 6.45) is -5.54. The van der Waals surface area contributed by atoms with Crippen LogP contribution in [0, 0.1) is 5.82 Å². The molecule has 1 atom stereocenters. The van der Waals surface area contributed by atoms with Crippen LogP contribution in [0.1, 0.15) is 11.8 Å². The second-order valence-electron chi connectivity index (χ2n) is 3.31. The van der Waals surface area contributed by atoms with Gasteiger partial charge in [-0.15, -0.1) is 0 Å². The van der Waals surface area contributed by atoms with Crippen molar-refractivity contribution in [3.63, 3.8) is 0 Å². The highest BCUT2D eigenvalue weighted by atomic mass is 35.5. The number of nitrogens with zero attached hydrogens (tertiary/aromatic N) is 2. The number of hydrogen-bond acceptors (Lipinski definition) is 2. The smallest absolute Gasteiger partial charge is 0.378 e. The molecule has 0 radical (unpaired) electrons. The zero-order chi connectivity index (χ0) is 12.8. The summed E-state index contributed by atoms with van der Waals surface area (Å²) in [4.78, 5) is 3.36. The molecular weight excluding hydrogens is 264 g/mol. The SMILES string of the molecule is OC(c1ncn2ccc(Cl)c(F)c12)C(F)(F)F. The Morgan fingerprint density at radius 2 is 2.06 bits per heavy atom. The largest absolute Gasteiger partial charge is 0.420 e. The second-order valence-corrected chi connectivity index (χ2v) is 3.71. The van der Waals surface area contributed by atoms with Crippen LogP contribution >= 0.6 is 11.6 Å². The molecule has 2 aromatic rings. The molecule has 0 saturated heterocycles. The third kappa shape index (κ3) is 1.96. The lowest BCUT2D eigenvalue weighted by atomic mass is 10.2. The summed E-state index contributed by atoms with van der Waals surface area (Å²) in [5, 5.41) is 8.71. The molecule has 0 fully saturated rings. The third-order valence-corrected chi connectivity index (χ3v) is 2.48. The van der Waals surface area contributed by atoms with Crippen LogP contribution < -0.4 is 0 Å². The van der Waals surface area contributed by atoms with Crippen LogP contribution in [0.5, 0.6) is 0 Å². The Labute approximate surface area is 97.3 Å². The average Bonchev–Trinajstić information content (AvgIpc) is 2.65. The van der Waals surface area contributed by atoms with Crippen molar-refractivity contribution in [3.8, 4) is 0 Å². The quantitative estimate of drug-likeness (QED) is 0.808. The van der Waals surface area contributed by atoms with E-state index in [0.717, 1.165) is 10.7 Å². The molecular formula is C9H5ClF4N2O. The Balaban J connectivity index is 2.67. The fourth-order valence-electron chi connectivity index (χ4n) is 1.40. The lowest BCUT2D eigenvalue weighted by Crippen LogP contribution is -2.21. The summed E-state index contributed by atoms with van der Waals surface area (Å²) in [5.41, 5.74) is -1.29. The lowest BCUT2D eigenvalue weighted by Gasteiger charge is -2.12. The molecule has 2 heterocycles. The van der Waals surface area contributed by atoms with Crippen LogP contribution in [0.4, 0.5) is 17.6 Å². The van der Waals surface area contributed by atoms with E-state index in [0.29, 0.717) is 0 Å². The van der Waals surface area contributed by atoms with Gasteiger partial charge in [-0.2, -0.15) is 13.2 Å². The lowest BCUT2D eigenvalue weighted by molar-refractivity contribution is -0.207. The van der Waals surface area contributed by atoms with Gasteiger partial charge in [0.2, 0.25) is 0 Å². The van der Waals surface area contributed by atoms with E-state index in [1.54, 1.807) is 0 Å². The number of imidazole rings is 1. The van der Waals surface area contributed by atoms with Gasteiger partial charge in [-0.05, 0) is 6.07 Å². The minimum Gasteiger partial charge on any atom is -0.378 e. The molecule has 0 aliphatic rings. The van der Waals surface area contributed by atoms with Crippen molar-refractivity contribution in [2.24, 2.45) is 0 Å². The monoisotopic (exact) mass is 268 g/mol. The first kappa shape index (κ1) is 12.1. The number of alkyl halides is 3. The number of fused-ring (bicyclic) bond motifs is 1. The molecule has 2 rings (SSSR count). The maximum Gasteiger partial charge on any atom is 0.420 e. The van der Waals surface area contributed by atoms with E-state index in [2.05, 4.69) is 4.98 Å². The van der Waals surface area contributed by atoms with Gasteiger partial charge in [0.15, 0.2) is 11.9 Å². The van der Waals surface area contributed by atoms with Crippen molar-refractivity contribution in [1.29, 1.82) is 0 Å². The first-order chi connectivity index (χ1) is 7.82. The molecule has 0 aromatic carbocycles. The van der Waals surface area contributed by atoms with Crippen molar-refractivity contribution in [1.82, 2.24) is 9.38 Å². The number of hydrogen-bond donors (Lipinski definition) is 1. The molecule has 0 bridgehead atoms. The Hall–Kier alpha value is -1.34. The number of aliphatic hydroxyl groups excluding tert-OH is 1. The summed E-state index contributed by atoms with van der Waals surface area (Å²) in [6, 6.07) is 1.18. The molecule has 92 valence electrons. The van der Waals surface area contributed by atoms with Crippen molar-refractivity contribution < 1.29 is 22.7 Å². The molecule has 0 amide bonds. The Morgan fingerprint density at radius 1 is 1.41 bits per heavy atom. The first-order valence-electron chi connectivity index (χ1n) is 4.37. The molecule has 17 heavy (non-hydrogen) atoms. The number of aliphatic hydroxyl groups is 1. The fourth-order valence-corrected chi connectivity index (χ4v) is 1.55. The molecule has 0 aliphatic carbocycles. The average molecular weight is 269 g/mol. The van der Waals surface area contributed by atoms with Crippen LogP contribution in [0.2, 0.25) is 5.02 Å². The van der Waals surface area contributed by atoms with E-state index >= 15 is 0 Å². The normalized spacial score (nSPS) is 14.2. The Bertz CT molecular complexity index is 566. The van der Waals surface area contributed by atoms with Gasteiger partial charge >= 0.3 is 6.18 Å². The first-order valence-corrected chi connectivity index (χ1v) is 4.75. The molecule has 1 N–H and O–H groups in total.